The molecule has 1 aliphatic heterocycles. The Hall–Kier alpha value is -2.32. The van der Waals surface area contributed by atoms with E-state index in [4.69, 9.17) is 5.73 Å². The quantitative estimate of drug-likeness (QED) is 0.673. The van der Waals surface area contributed by atoms with E-state index in [-0.39, 0.29) is 0 Å². The zero-order valence-corrected chi connectivity index (χ0v) is 11.9. The molecule has 8 nitrogen and oxygen atoms in total. The fraction of sp³-hybridized carbons (Fsp3) is 0.429. The molecule has 1 saturated heterocycles. The average Bonchev–Trinajstić information content (AvgIpc) is 3.12. The van der Waals surface area contributed by atoms with Crippen LogP contribution < -0.4 is 11.1 Å². The number of piperazine rings is 1. The lowest BCUT2D eigenvalue weighted by Gasteiger charge is -2.37. The zero-order chi connectivity index (χ0) is 15.4. The van der Waals surface area contributed by atoms with Crippen LogP contribution in [0.15, 0.2) is 24.7 Å². The van der Waals surface area contributed by atoms with Crippen molar-refractivity contribution in [2.75, 3.05) is 19.6 Å². The SMILES string of the molecule is NC1(c2ccc3ncncc3n2)CC12CNCCN2C(=O)O. The van der Waals surface area contributed by atoms with Gasteiger partial charge >= 0.3 is 6.09 Å². The van der Waals surface area contributed by atoms with E-state index in [0.717, 1.165) is 5.52 Å². The molecule has 1 amide bonds. The van der Waals surface area contributed by atoms with E-state index in [2.05, 4.69) is 20.3 Å². The largest absolute Gasteiger partial charge is 0.465 e. The standard InChI is InChI=1S/C14H16N6O2/c15-14(6-13(14)7-16-3-4-20(13)12(21)22)11-2-1-9-10(19-11)5-17-8-18-9/h1-2,5,8,16H,3-4,6-7,15H2,(H,21,22). The second kappa shape index (κ2) is 4.34. The van der Waals surface area contributed by atoms with Gasteiger partial charge in [-0.15, -0.1) is 0 Å². The molecule has 1 saturated carbocycles. The average molecular weight is 300 g/mol. The molecule has 1 spiro atoms. The number of amides is 1. The fourth-order valence-electron chi connectivity index (χ4n) is 3.50. The number of aromatic nitrogens is 3. The van der Waals surface area contributed by atoms with Crippen LogP contribution in [0.5, 0.6) is 0 Å². The molecule has 114 valence electrons. The third-order valence-corrected chi connectivity index (χ3v) is 4.77. The molecular formula is C14H16N6O2. The minimum absolute atomic E-state index is 0.435. The number of nitrogens with zero attached hydrogens (tertiary/aromatic N) is 4. The smallest absolute Gasteiger partial charge is 0.407 e. The minimum atomic E-state index is -0.932. The van der Waals surface area contributed by atoms with E-state index in [0.29, 0.717) is 37.3 Å². The Morgan fingerprint density at radius 2 is 2.27 bits per heavy atom. The van der Waals surface area contributed by atoms with E-state index < -0.39 is 17.2 Å². The van der Waals surface area contributed by atoms with Crippen LogP contribution in [0.2, 0.25) is 0 Å². The highest BCUT2D eigenvalue weighted by atomic mass is 16.4. The molecule has 0 bridgehead atoms. The summed E-state index contributed by atoms with van der Waals surface area (Å²) in [5.74, 6) is 0. The van der Waals surface area contributed by atoms with E-state index in [1.54, 1.807) is 6.20 Å². The predicted octanol–water partition coefficient (Wildman–Crippen LogP) is -0.0955. The molecule has 8 heteroatoms. The molecule has 2 aromatic heterocycles. The van der Waals surface area contributed by atoms with Crippen LogP contribution in [-0.4, -0.2) is 56.2 Å². The van der Waals surface area contributed by atoms with Gasteiger partial charge in [-0.3, -0.25) is 4.90 Å². The Morgan fingerprint density at radius 3 is 3.09 bits per heavy atom. The van der Waals surface area contributed by atoms with E-state index >= 15 is 0 Å². The maximum absolute atomic E-state index is 11.5. The molecule has 2 atom stereocenters. The van der Waals surface area contributed by atoms with Crippen LogP contribution in [0.4, 0.5) is 4.79 Å². The van der Waals surface area contributed by atoms with Gasteiger partial charge in [0.2, 0.25) is 0 Å². The predicted molar refractivity (Wildman–Crippen MR) is 78.1 cm³/mol. The van der Waals surface area contributed by atoms with Crippen molar-refractivity contribution in [2.24, 2.45) is 5.73 Å². The number of hydrogen-bond acceptors (Lipinski definition) is 6. The van der Waals surface area contributed by atoms with Gasteiger partial charge in [0.1, 0.15) is 11.8 Å². The molecule has 2 aromatic rings. The van der Waals surface area contributed by atoms with Crippen LogP contribution in [0.1, 0.15) is 12.1 Å². The van der Waals surface area contributed by atoms with Crippen LogP contribution in [0.25, 0.3) is 11.0 Å². The van der Waals surface area contributed by atoms with Crippen molar-refractivity contribution in [1.82, 2.24) is 25.2 Å². The van der Waals surface area contributed by atoms with Gasteiger partial charge in [0.05, 0.1) is 28.5 Å². The van der Waals surface area contributed by atoms with Gasteiger partial charge in [0.25, 0.3) is 0 Å². The summed E-state index contributed by atoms with van der Waals surface area (Å²) in [6.45, 7) is 1.62. The number of pyridine rings is 1. The topological polar surface area (TPSA) is 117 Å². The van der Waals surface area contributed by atoms with Crippen molar-refractivity contribution in [3.63, 3.8) is 0 Å². The van der Waals surface area contributed by atoms with Gasteiger partial charge < -0.3 is 16.2 Å². The highest BCUT2D eigenvalue weighted by Crippen LogP contribution is 2.57. The number of nitrogens with one attached hydrogen (secondary N) is 1. The summed E-state index contributed by atoms with van der Waals surface area (Å²) in [4.78, 5) is 25.7. The van der Waals surface area contributed by atoms with Crippen molar-refractivity contribution < 1.29 is 9.90 Å². The number of rotatable bonds is 1. The van der Waals surface area contributed by atoms with Gasteiger partial charge in [0, 0.05) is 26.1 Å². The molecule has 22 heavy (non-hydrogen) atoms. The highest BCUT2D eigenvalue weighted by molar-refractivity contribution is 5.74. The molecule has 2 fully saturated rings. The second-order valence-electron chi connectivity index (χ2n) is 5.91. The Kier molecular flexibility index (Phi) is 2.63. The zero-order valence-electron chi connectivity index (χ0n) is 11.9. The van der Waals surface area contributed by atoms with Crippen molar-refractivity contribution in [3.05, 3.63) is 30.4 Å². The number of hydrogen-bond donors (Lipinski definition) is 3. The van der Waals surface area contributed by atoms with Gasteiger partial charge in [-0.05, 0) is 12.1 Å². The van der Waals surface area contributed by atoms with Gasteiger partial charge in [0.15, 0.2) is 0 Å². The molecule has 3 heterocycles. The number of fused-ring (bicyclic) bond motifs is 1. The lowest BCUT2D eigenvalue weighted by molar-refractivity contribution is 0.0936. The summed E-state index contributed by atoms with van der Waals surface area (Å²) in [7, 11) is 0. The maximum atomic E-state index is 11.5. The lowest BCUT2D eigenvalue weighted by Crippen LogP contribution is -2.60. The highest BCUT2D eigenvalue weighted by Gasteiger charge is 2.71. The summed E-state index contributed by atoms with van der Waals surface area (Å²) >= 11 is 0. The Balaban J connectivity index is 1.76. The van der Waals surface area contributed by atoms with Crippen LogP contribution in [0, 0.1) is 0 Å². The van der Waals surface area contributed by atoms with Crippen LogP contribution >= 0.6 is 0 Å². The Morgan fingerprint density at radius 1 is 1.41 bits per heavy atom. The summed E-state index contributed by atoms with van der Waals surface area (Å²) in [6, 6.07) is 3.68. The monoisotopic (exact) mass is 300 g/mol. The summed E-state index contributed by atoms with van der Waals surface area (Å²) < 4.78 is 0. The summed E-state index contributed by atoms with van der Waals surface area (Å²) in [6.07, 6.45) is 2.74. The molecule has 4 N–H and O–H groups in total. The normalized spacial score (nSPS) is 30.7. The molecule has 4 rings (SSSR count). The number of nitrogens with two attached hydrogens (primary N) is 1. The molecule has 1 aliphatic carbocycles. The first kappa shape index (κ1) is 13.4. The molecule has 0 radical (unpaired) electrons. The summed E-state index contributed by atoms with van der Waals surface area (Å²) in [5, 5.41) is 12.7. The van der Waals surface area contributed by atoms with Crippen LogP contribution in [-0.2, 0) is 5.54 Å². The second-order valence-corrected chi connectivity index (χ2v) is 5.91. The van der Waals surface area contributed by atoms with Gasteiger partial charge in [-0.1, -0.05) is 0 Å². The van der Waals surface area contributed by atoms with Gasteiger partial charge in [-0.25, -0.2) is 19.7 Å². The fourth-order valence-corrected chi connectivity index (χ4v) is 3.50. The van der Waals surface area contributed by atoms with Crippen molar-refractivity contribution in [3.8, 4) is 0 Å². The maximum Gasteiger partial charge on any atom is 0.407 e. The first-order valence-electron chi connectivity index (χ1n) is 7.14. The molecule has 2 unspecified atom stereocenters. The first-order valence-corrected chi connectivity index (χ1v) is 7.14. The van der Waals surface area contributed by atoms with Gasteiger partial charge in [-0.2, -0.15) is 0 Å². The molecular weight excluding hydrogens is 284 g/mol. The third kappa shape index (κ3) is 1.65. The first-order chi connectivity index (χ1) is 10.6. The number of carboxylic acid groups (broad SMARTS) is 1. The molecule has 0 aromatic carbocycles. The van der Waals surface area contributed by atoms with E-state index in [1.807, 2.05) is 12.1 Å². The molecule has 2 aliphatic rings. The Labute approximate surface area is 126 Å². The van der Waals surface area contributed by atoms with E-state index in [1.165, 1.54) is 11.2 Å². The van der Waals surface area contributed by atoms with Crippen molar-refractivity contribution in [1.29, 1.82) is 0 Å². The number of carbonyl (C=O) groups is 1. The minimum Gasteiger partial charge on any atom is -0.465 e. The van der Waals surface area contributed by atoms with E-state index in [9.17, 15) is 9.90 Å². The summed E-state index contributed by atoms with van der Waals surface area (Å²) in [5.41, 5.74) is 7.25. The van der Waals surface area contributed by atoms with Crippen molar-refractivity contribution >= 4 is 17.1 Å². The lowest BCUT2D eigenvalue weighted by atomic mass is 10.0. The Bertz CT molecular complexity index is 768. The van der Waals surface area contributed by atoms with Crippen molar-refractivity contribution in [2.45, 2.75) is 17.5 Å². The third-order valence-electron chi connectivity index (χ3n) is 4.77. The van der Waals surface area contributed by atoms with Crippen LogP contribution in [0.3, 0.4) is 0 Å².